The average Bonchev–Trinajstić information content (AvgIpc) is 2.53. The number of fused-ring (bicyclic) bond motifs is 3. The molecule has 1 unspecified atom stereocenters. The van der Waals surface area contributed by atoms with Crippen molar-refractivity contribution in [1.29, 1.82) is 0 Å². The third-order valence-electron chi connectivity index (χ3n) is 6.41. The van der Waals surface area contributed by atoms with Crippen molar-refractivity contribution in [3.05, 3.63) is 34.9 Å². The summed E-state index contributed by atoms with van der Waals surface area (Å²) in [5.74, 6) is 0.340. The number of carbonyl (C=O) groups is 2. The van der Waals surface area contributed by atoms with E-state index in [2.05, 4.69) is 26.0 Å². The molecule has 0 aromatic heterocycles. The molecule has 0 spiro atoms. The summed E-state index contributed by atoms with van der Waals surface area (Å²) in [7, 11) is 1.50. The molecule has 124 valence electrons. The lowest BCUT2D eigenvalue weighted by Crippen LogP contribution is -2.52. The summed E-state index contributed by atoms with van der Waals surface area (Å²) in [5.41, 5.74) is 2.99. The topological polar surface area (TPSA) is 43.4 Å². The molecule has 2 aliphatic rings. The van der Waals surface area contributed by atoms with Crippen LogP contribution in [0.15, 0.2) is 18.2 Å². The maximum atomic E-state index is 12.5. The van der Waals surface area contributed by atoms with Gasteiger partial charge in [0.25, 0.3) is 0 Å². The molecule has 0 amide bonds. The molecule has 3 rings (SSSR count). The Morgan fingerprint density at radius 3 is 2.61 bits per heavy atom. The Hall–Kier alpha value is -1.64. The molecule has 23 heavy (non-hydrogen) atoms. The van der Waals surface area contributed by atoms with Gasteiger partial charge >= 0.3 is 5.97 Å². The molecule has 3 heteroatoms. The first kappa shape index (κ1) is 16.2. The van der Waals surface area contributed by atoms with Crippen LogP contribution in [-0.2, 0) is 21.4 Å². The predicted octanol–water partition coefficient (Wildman–Crippen LogP) is 4.07. The molecule has 3 nitrogen and oxygen atoms in total. The highest BCUT2D eigenvalue weighted by atomic mass is 16.5. The van der Waals surface area contributed by atoms with Gasteiger partial charge in [-0.1, -0.05) is 25.5 Å². The smallest absolute Gasteiger partial charge is 0.311 e. The Bertz CT molecular complexity index is 663. The Labute approximate surface area is 138 Å². The van der Waals surface area contributed by atoms with Crippen LogP contribution in [-0.4, -0.2) is 18.9 Å². The molecule has 0 saturated heterocycles. The van der Waals surface area contributed by atoms with Crippen LogP contribution in [0.25, 0.3) is 0 Å². The van der Waals surface area contributed by atoms with Crippen molar-refractivity contribution in [2.24, 2.45) is 11.3 Å². The first-order valence-electron chi connectivity index (χ1n) is 8.55. The Balaban J connectivity index is 2.07. The van der Waals surface area contributed by atoms with Gasteiger partial charge in [-0.25, -0.2) is 0 Å². The highest BCUT2D eigenvalue weighted by Gasteiger charge is 2.55. The number of methoxy groups -OCH3 is 1. The van der Waals surface area contributed by atoms with Gasteiger partial charge in [0, 0.05) is 5.56 Å². The van der Waals surface area contributed by atoms with Gasteiger partial charge in [-0.05, 0) is 68.1 Å². The van der Waals surface area contributed by atoms with Gasteiger partial charge in [-0.3, -0.25) is 9.59 Å². The van der Waals surface area contributed by atoms with E-state index in [1.807, 2.05) is 6.07 Å². The first-order valence-corrected chi connectivity index (χ1v) is 8.55. The van der Waals surface area contributed by atoms with E-state index >= 15 is 0 Å². The fourth-order valence-electron chi connectivity index (χ4n) is 5.19. The monoisotopic (exact) mass is 314 g/mol. The van der Waals surface area contributed by atoms with E-state index in [9.17, 15) is 9.59 Å². The van der Waals surface area contributed by atoms with E-state index in [1.54, 1.807) is 6.92 Å². The number of aryl methyl sites for hydroxylation is 1. The lowest BCUT2D eigenvalue weighted by molar-refractivity contribution is -0.161. The van der Waals surface area contributed by atoms with Crippen LogP contribution in [0.5, 0.6) is 0 Å². The molecule has 1 saturated carbocycles. The van der Waals surface area contributed by atoms with Crippen LogP contribution in [0.3, 0.4) is 0 Å². The van der Waals surface area contributed by atoms with Crippen molar-refractivity contribution in [3.8, 4) is 0 Å². The third kappa shape index (κ3) is 2.32. The lowest BCUT2D eigenvalue weighted by atomic mass is 9.50. The van der Waals surface area contributed by atoms with Crippen LogP contribution in [0.2, 0.25) is 0 Å². The van der Waals surface area contributed by atoms with E-state index < -0.39 is 5.41 Å². The number of rotatable bonds is 2. The molecule has 0 heterocycles. The Morgan fingerprint density at radius 2 is 1.96 bits per heavy atom. The van der Waals surface area contributed by atoms with Crippen molar-refractivity contribution in [2.45, 2.75) is 58.3 Å². The fraction of sp³-hybridized carbons (Fsp3) is 0.600. The summed E-state index contributed by atoms with van der Waals surface area (Å²) < 4.78 is 5.14. The van der Waals surface area contributed by atoms with Gasteiger partial charge in [-0.2, -0.15) is 0 Å². The predicted molar refractivity (Wildman–Crippen MR) is 89.6 cm³/mol. The van der Waals surface area contributed by atoms with Crippen LogP contribution in [0.4, 0.5) is 0 Å². The number of ketones is 1. The first-order chi connectivity index (χ1) is 10.8. The fourth-order valence-corrected chi connectivity index (χ4v) is 5.19. The second kappa shape index (κ2) is 5.47. The van der Waals surface area contributed by atoms with Crippen LogP contribution in [0.1, 0.15) is 67.9 Å². The van der Waals surface area contributed by atoms with Gasteiger partial charge in [0.1, 0.15) is 0 Å². The minimum Gasteiger partial charge on any atom is -0.469 e. The molecule has 1 fully saturated rings. The normalized spacial score (nSPS) is 32.6. The number of carbonyl (C=O) groups excluding carboxylic acids is 2. The molecule has 1 aromatic carbocycles. The SMILES string of the molecule is COC(=O)[C@]1(C)CCC[C@@]2(C)c3ccc(C(C)=O)cc3CCC12. The lowest BCUT2D eigenvalue weighted by Gasteiger charge is -2.54. The number of benzene rings is 1. The van der Waals surface area contributed by atoms with Gasteiger partial charge < -0.3 is 4.74 Å². The van der Waals surface area contributed by atoms with Crippen LogP contribution < -0.4 is 0 Å². The van der Waals surface area contributed by atoms with Gasteiger partial charge in [0.15, 0.2) is 5.78 Å². The van der Waals surface area contributed by atoms with Crippen molar-refractivity contribution < 1.29 is 14.3 Å². The van der Waals surface area contributed by atoms with Gasteiger partial charge in [0.05, 0.1) is 12.5 Å². The molecule has 0 aliphatic heterocycles. The molecular formula is C20H26O3. The van der Waals surface area contributed by atoms with E-state index in [1.165, 1.54) is 18.2 Å². The van der Waals surface area contributed by atoms with E-state index in [4.69, 9.17) is 4.74 Å². The Kier molecular flexibility index (Phi) is 3.86. The number of Topliss-reactive ketones (excluding diaryl/α,β-unsaturated/α-hetero) is 1. The molecular weight excluding hydrogens is 288 g/mol. The number of hydrogen-bond donors (Lipinski definition) is 0. The maximum absolute atomic E-state index is 12.5. The molecule has 0 N–H and O–H groups in total. The zero-order chi connectivity index (χ0) is 16.8. The third-order valence-corrected chi connectivity index (χ3v) is 6.41. The quantitative estimate of drug-likeness (QED) is 0.610. The summed E-state index contributed by atoms with van der Waals surface area (Å²) in [6.07, 6.45) is 4.95. The highest BCUT2D eigenvalue weighted by molar-refractivity contribution is 5.94. The number of hydrogen-bond acceptors (Lipinski definition) is 3. The minimum absolute atomic E-state index is 0.00983. The van der Waals surface area contributed by atoms with Crippen molar-refractivity contribution >= 4 is 11.8 Å². The van der Waals surface area contributed by atoms with Crippen molar-refractivity contribution in [1.82, 2.24) is 0 Å². The van der Waals surface area contributed by atoms with Crippen LogP contribution in [0, 0.1) is 11.3 Å². The molecule has 0 radical (unpaired) electrons. The summed E-state index contributed by atoms with van der Waals surface area (Å²) in [5, 5.41) is 0. The van der Waals surface area contributed by atoms with Gasteiger partial charge in [-0.15, -0.1) is 0 Å². The second-order valence-corrected chi connectivity index (χ2v) is 7.70. The summed E-state index contributed by atoms with van der Waals surface area (Å²) in [6, 6.07) is 6.13. The molecule has 1 aromatic rings. The van der Waals surface area contributed by atoms with Gasteiger partial charge in [0.2, 0.25) is 0 Å². The molecule has 0 bridgehead atoms. The van der Waals surface area contributed by atoms with Crippen LogP contribution >= 0.6 is 0 Å². The van der Waals surface area contributed by atoms with Crippen molar-refractivity contribution in [3.63, 3.8) is 0 Å². The average molecular weight is 314 g/mol. The standard InChI is InChI=1S/C20H26O3/c1-13(21)14-6-8-16-15(12-14)7-9-17-19(16,2)10-5-11-20(17,3)18(22)23-4/h6,8,12,17H,5,7,9-11H2,1-4H3/t17?,19-,20+/m0/s1. The summed E-state index contributed by atoms with van der Waals surface area (Å²) >= 11 is 0. The zero-order valence-corrected chi connectivity index (χ0v) is 14.6. The molecule has 3 atom stereocenters. The maximum Gasteiger partial charge on any atom is 0.311 e. The minimum atomic E-state index is -0.404. The summed E-state index contributed by atoms with van der Waals surface area (Å²) in [6.45, 7) is 5.99. The summed E-state index contributed by atoms with van der Waals surface area (Å²) in [4.78, 5) is 24.1. The second-order valence-electron chi connectivity index (χ2n) is 7.70. The number of ether oxygens (including phenoxy) is 1. The van der Waals surface area contributed by atoms with E-state index in [0.29, 0.717) is 5.92 Å². The number of esters is 1. The Morgan fingerprint density at radius 1 is 1.22 bits per heavy atom. The zero-order valence-electron chi connectivity index (χ0n) is 14.6. The van der Waals surface area contributed by atoms with E-state index in [-0.39, 0.29) is 17.2 Å². The van der Waals surface area contributed by atoms with E-state index in [0.717, 1.165) is 37.7 Å². The molecule has 2 aliphatic carbocycles. The largest absolute Gasteiger partial charge is 0.469 e. The van der Waals surface area contributed by atoms with Crippen molar-refractivity contribution in [2.75, 3.05) is 7.11 Å². The highest BCUT2D eigenvalue weighted by Crippen LogP contribution is 2.57.